The number of hydrogen-bond donors (Lipinski definition) is 0. The highest BCUT2D eigenvalue weighted by Gasteiger charge is 2.43. The van der Waals surface area contributed by atoms with Gasteiger partial charge in [-0.1, -0.05) is 48.5 Å². The van der Waals surface area contributed by atoms with Crippen molar-refractivity contribution in [1.29, 1.82) is 0 Å². The minimum Gasteiger partial charge on any atom is -0.490 e. The fraction of sp³-hybridized carbons (Fsp3) is 0.320. The molecular weight excluding hydrogens is 390 g/mol. The first-order chi connectivity index (χ1) is 15.1. The van der Waals surface area contributed by atoms with Crippen LogP contribution in [-0.4, -0.2) is 45.7 Å². The molecule has 0 spiro atoms. The van der Waals surface area contributed by atoms with E-state index in [1.807, 2.05) is 41.3 Å². The van der Waals surface area contributed by atoms with Gasteiger partial charge in [-0.15, -0.1) is 0 Å². The third kappa shape index (κ3) is 3.85. The largest absolute Gasteiger partial charge is 0.490 e. The summed E-state index contributed by atoms with van der Waals surface area (Å²) in [6, 6.07) is 19.9. The lowest BCUT2D eigenvalue weighted by Crippen LogP contribution is -2.34. The summed E-state index contributed by atoms with van der Waals surface area (Å²) in [7, 11) is 0. The number of Topliss-reactive ketones (excluding diaryl/α,β-unsaturated/α-hetero) is 1. The molecule has 1 saturated carbocycles. The summed E-state index contributed by atoms with van der Waals surface area (Å²) in [4.78, 5) is 26.1. The molecule has 1 aliphatic heterocycles. The molecule has 1 aliphatic carbocycles. The number of nitrogens with zero attached hydrogens (tertiary/aromatic N) is 3. The second-order valence-corrected chi connectivity index (χ2v) is 8.48. The predicted octanol–water partition coefficient (Wildman–Crippen LogP) is 4.51. The maximum atomic E-state index is 12.8. The van der Waals surface area contributed by atoms with Crippen molar-refractivity contribution in [2.24, 2.45) is 11.8 Å². The Morgan fingerprint density at radius 3 is 2.29 bits per heavy atom. The third-order valence-electron chi connectivity index (χ3n) is 6.39. The maximum Gasteiger partial charge on any atom is 0.344 e. The molecular formula is C25H25N3O3. The molecule has 2 heterocycles. The van der Waals surface area contributed by atoms with Gasteiger partial charge in [-0.25, -0.2) is 4.79 Å². The van der Waals surface area contributed by atoms with Crippen LogP contribution in [0.2, 0.25) is 0 Å². The normalized spacial score (nSPS) is 22.4. The van der Waals surface area contributed by atoms with Crippen molar-refractivity contribution in [3.63, 3.8) is 0 Å². The van der Waals surface area contributed by atoms with Crippen molar-refractivity contribution >= 4 is 11.8 Å². The predicted molar refractivity (Wildman–Crippen MR) is 117 cm³/mol. The summed E-state index contributed by atoms with van der Waals surface area (Å²) in [6.45, 7) is 2.87. The number of likely N-dealkylation sites (tertiary alicyclic amines) is 1. The van der Waals surface area contributed by atoms with E-state index >= 15 is 0 Å². The number of carbonyl (C=O) groups excluding carboxylic acids is 2. The van der Waals surface area contributed by atoms with Crippen LogP contribution in [0.5, 0.6) is 5.75 Å². The highest BCUT2D eigenvalue weighted by molar-refractivity contribution is 5.92. The minimum atomic E-state index is -0.159. The Balaban J connectivity index is 1.23. The van der Waals surface area contributed by atoms with Crippen LogP contribution < -0.4 is 4.74 Å². The molecule has 158 valence electrons. The van der Waals surface area contributed by atoms with Crippen LogP contribution in [0.1, 0.15) is 30.3 Å². The number of para-hydroxylation sites is 1. The number of carbonyl (C=O) groups is 2. The van der Waals surface area contributed by atoms with Crippen LogP contribution in [0.25, 0.3) is 11.1 Å². The molecule has 3 aromatic rings. The summed E-state index contributed by atoms with van der Waals surface area (Å²) < 4.78 is 7.73. The molecule has 5 rings (SSSR count). The number of rotatable bonds is 4. The Labute approximate surface area is 181 Å². The van der Waals surface area contributed by atoms with Crippen LogP contribution in [0.3, 0.4) is 0 Å². The molecule has 1 saturated heterocycles. The number of fused-ring (bicyclic) bond motifs is 1. The lowest BCUT2D eigenvalue weighted by atomic mass is 10.0. The number of ether oxygens (including phenoxy) is 1. The smallest absolute Gasteiger partial charge is 0.344 e. The van der Waals surface area contributed by atoms with Crippen molar-refractivity contribution in [3.8, 4) is 16.9 Å². The summed E-state index contributed by atoms with van der Waals surface area (Å²) in [5.41, 5.74) is 2.58. The Bertz CT molecular complexity index is 1090. The van der Waals surface area contributed by atoms with Crippen LogP contribution in [0.4, 0.5) is 4.79 Å². The molecule has 2 aromatic carbocycles. The highest BCUT2D eigenvalue weighted by Crippen LogP contribution is 2.41. The van der Waals surface area contributed by atoms with Crippen molar-refractivity contribution in [3.05, 3.63) is 72.6 Å². The second-order valence-electron chi connectivity index (χ2n) is 8.48. The maximum absolute atomic E-state index is 12.8. The Hall–Kier alpha value is -3.41. The molecule has 0 N–H and O–H groups in total. The number of hydrogen-bond acceptors (Lipinski definition) is 4. The van der Waals surface area contributed by atoms with Crippen molar-refractivity contribution < 1.29 is 14.3 Å². The van der Waals surface area contributed by atoms with Crippen LogP contribution in [-0.2, 0) is 0 Å². The molecule has 6 nitrogen and oxygen atoms in total. The lowest BCUT2D eigenvalue weighted by Gasteiger charge is -2.21. The van der Waals surface area contributed by atoms with E-state index in [4.69, 9.17) is 4.74 Å². The van der Waals surface area contributed by atoms with Gasteiger partial charge in [0.1, 0.15) is 11.4 Å². The molecule has 1 aromatic heterocycles. The summed E-state index contributed by atoms with van der Waals surface area (Å²) in [6.07, 6.45) is 3.61. The first-order valence-corrected chi connectivity index (χ1v) is 10.8. The number of amides is 1. The SMILES string of the molecule is CC(=O)c1ccn(C(=O)N2C[C@H]3CC(Oc4ccccc4-c4ccccc4)C[C@H]3C2)n1. The Morgan fingerprint density at radius 1 is 0.935 bits per heavy atom. The zero-order chi connectivity index (χ0) is 21.4. The summed E-state index contributed by atoms with van der Waals surface area (Å²) in [5.74, 6) is 1.64. The second kappa shape index (κ2) is 8.02. The van der Waals surface area contributed by atoms with E-state index in [0.717, 1.165) is 29.7 Å². The summed E-state index contributed by atoms with van der Waals surface area (Å²) in [5, 5.41) is 4.11. The lowest BCUT2D eigenvalue weighted by molar-refractivity contribution is 0.101. The first kappa shape index (κ1) is 19.5. The van der Waals surface area contributed by atoms with Gasteiger partial charge in [0.2, 0.25) is 0 Å². The average Bonchev–Trinajstić information content (AvgIpc) is 3.49. The average molecular weight is 415 g/mol. The van der Waals surface area contributed by atoms with E-state index in [1.54, 1.807) is 12.3 Å². The number of ketones is 1. The fourth-order valence-corrected chi connectivity index (χ4v) is 4.87. The van der Waals surface area contributed by atoms with E-state index < -0.39 is 0 Å². The number of benzene rings is 2. The molecule has 1 amide bonds. The molecule has 31 heavy (non-hydrogen) atoms. The topological polar surface area (TPSA) is 64.4 Å². The van der Waals surface area contributed by atoms with Gasteiger partial charge < -0.3 is 9.64 Å². The van der Waals surface area contributed by atoms with E-state index in [-0.39, 0.29) is 17.9 Å². The van der Waals surface area contributed by atoms with Gasteiger partial charge in [0.25, 0.3) is 0 Å². The van der Waals surface area contributed by atoms with Gasteiger partial charge in [-0.05, 0) is 42.4 Å². The molecule has 0 radical (unpaired) electrons. The van der Waals surface area contributed by atoms with Gasteiger partial charge in [-0.2, -0.15) is 9.78 Å². The third-order valence-corrected chi connectivity index (χ3v) is 6.39. The van der Waals surface area contributed by atoms with Crippen LogP contribution in [0.15, 0.2) is 66.9 Å². The highest BCUT2D eigenvalue weighted by atomic mass is 16.5. The summed E-state index contributed by atoms with van der Waals surface area (Å²) >= 11 is 0. The van der Waals surface area contributed by atoms with Crippen molar-refractivity contribution in [1.82, 2.24) is 14.7 Å². The zero-order valence-electron chi connectivity index (χ0n) is 17.5. The molecule has 2 fully saturated rings. The van der Waals surface area contributed by atoms with Crippen LogP contribution in [0, 0.1) is 11.8 Å². The van der Waals surface area contributed by atoms with E-state index in [0.29, 0.717) is 30.6 Å². The number of aromatic nitrogens is 2. The molecule has 6 heteroatoms. The van der Waals surface area contributed by atoms with Crippen molar-refractivity contribution in [2.75, 3.05) is 13.1 Å². The van der Waals surface area contributed by atoms with Gasteiger partial charge in [0.15, 0.2) is 5.78 Å². The molecule has 1 unspecified atom stereocenters. The van der Waals surface area contributed by atoms with E-state index in [9.17, 15) is 9.59 Å². The van der Waals surface area contributed by atoms with Crippen LogP contribution >= 0.6 is 0 Å². The van der Waals surface area contributed by atoms with Gasteiger partial charge >= 0.3 is 6.03 Å². The minimum absolute atomic E-state index is 0.138. The first-order valence-electron chi connectivity index (χ1n) is 10.8. The van der Waals surface area contributed by atoms with Gasteiger partial charge in [-0.3, -0.25) is 4.79 Å². The monoisotopic (exact) mass is 415 g/mol. The van der Waals surface area contributed by atoms with E-state index in [2.05, 4.69) is 23.3 Å². The van der Waals surface area contributed by atoms with Crippen molar-refractivity contribution in [2.45, 2.75) is 25.9 Å². The standard InChI is InChI=1S/C25H25N3O3/c1-17(29)23-11-12-28(26-23)25(30)27-15-19-13-21(14-20(19)16-27)31-24-10-6-5-9-22(24)18-7-3-2-4-8-18/h2-12,19-21H,13-16H2,1H3/t19-,20+,21?. The molecule has 2 aliphatic rings. The zero-order valence-corrected chi connectivity index (χ0v) is 17.5. The van der Waals surface area contributed by atoms with E-state index in [1.165, 1.54) is 11.6 Å². The Kier molecular flexibility index (Phi) is 5.06. The van der Waals surface area contributed by atoms with Gasteiger partial charge in [0, 0.05) is 31.8 Å². The fourth-order valence-electron chi connectivity index (χ4n) is 4.87. The Morgan fingerprint density at radius 2 is 1.61 bits per heavy atom. The quantitative estimate of drug-likeness (QED) is 0.588. The molecule has 3 atom stereocenters. The molecule has 0 bridgehead atoms. The van der Waals surface area contributed by atoms with Gasteiger partial charge in [0.05, 0.1) is 6.10 Å².